The van der Waals surface area contributed by atoms with Gasteiger partial charge in [0.15, 0.2) is 0 Å². The summed E-state index contributed by atoms with van der Waals surface area (Å²) < 4.78 is 5.43. The van der Waals surface area contributed by atoms with E-state index in [1.165, 1.54) is 38.5 Å². The highest BCUT2D eigenvalue weighted by atomic mass is 16.5. The lowest BCUT2D eigenvalue weighted by atomic mass is 9.51. The summed E-state index contributed by atoms with van der Waals surface area (Å²) >= 11 is 0. The molecule has 3 aliphatic carbocycles. The Morgan fingerprint density at radius 3 is 2.74 bits per heavy atom. The van der Waals surface area contributed by atoms with Gasteiger partial charge in [-0.1, -0.05) is 26.0 Å². The van der Waals surface area contributed by atoms with Crippen molar-refractivity contribution in [2.24, 2.45) is 22.7 Å². The average Bonchev–Trinajstić information content (AvgIpc) is 2.86. The first-order valence-electron chi connectivity index (χ1n) is 9.33. The predicted molar refractivity (Wildman–Crippen MR) is 95.9 cm³/mol. The molecule has 124 valence electrons. The molecule has 4 rings (SSSR count). The minimum absolute atomic E-state index is 0.336. The Balaban J connectivity index is 1.69. The number of hydrogen-bond acceptors (Lipinski definition) is 1. The van der Waals surface area contributed by atoms with Gasteiger partial charge in [-0.2, -0.15) is 0 Å². The Morgan fingerprint density at radius 1 is 1.17 bits per heavy atom. The summed E-state index contributed by atoms with van der Waals surface area (Å²) in [6.07, 6.45) is 10.3. The van der Waals surface area contributed by atoms with Gasteiger partial charge in [0.25, 0.3) is 0 Å². The molecule has 0 heterocycles. The van der Waals surface area contributed by atoms with Crippen LogP contribution in [-0.2, 0) is 6.42 Å². The Morgan fingerprint density at radius 2 is 2.00 bits per heavy atom. The van der Waals surface area contributed by atoms with Crippen molar-refractivity contribution in [3.8, 4) is 5.75 Å². The lowest BCUT2D eigenvalue weighted by Gasteiger charge is -2.53. The Labute approximate surface area is 141 Å². The van der Waals surface area contributed by atoms with Crippen LogP contribution in [0.4, 0.5) is 0 Å². The summed E-state index contributed by atoms with van der Waals surface area (Å²) in [5.74, 6) is 3.54. The maximum absolute atomic E-state index is 5.43. The van der Waals surface area contributed by atoms with Gasteiger partial charge in [-0.05, 0) is 90.4 Å². The van der Waals surface area contributed by atoms with E-state index in [2.05, 4.69) is 44.7 Å². The van der Waals surface area contributed by atoms with Gasteiger partial charge in [0.2, 0.25) is 0 Å². The highest BCUT2D eigenvalue weighted by molar-refractivity contribution is 5.41. The molecule has 3 aliphatic rings. The summed E-state index contributed by atoms with van der Waals surface area (Å²) in [5.41, 5.74) is 3.96. The van der Waals surface area contributed by atoms with Gasteiger partial charge < -0.3 is 4.74 Å². The zero-order valence-corrected chi connectivity index (χ0v) is 14.9. The van der Waals surface area contributed by atoms with Gasteiger partial charge in [-0.15, -0.1) is 6.58 Å². The van der Waals surface area contributed by atoms with E-state index >= 15 is 0 Å². The van der Waals surface area contributed by atoms with Crippen molar-refractivity contribution in [2.45, 2.75) is 58.3 Å². The number of methoxy groups -OCH3 is 1. The van der Waals surface area contributed by atoms with E-state index in [-0.39, 0.29) is 0 Å². The molecule has 1 heteroatoms. The number of benzene rings is 1. The van der Waals surface area contributed by atoms with E-state index in [9.17, 15) is 0 Å². The number of allylic oxidation sites excluding steroid dienone is 1. The lowest BCUT2D eigenvalue weighted by molar-refractivity contribution is 0.00492. The molecule has 0 amide bonds. The quantitative estimate of drug-likeness (QED) is 0.633. The molecule has 1 nitrogen and oxygen atoms in total. The van der Waals surface area contributed by atoms with Gasteiger partial charge in [0.05, 0.1) is 7.11 Å². The normalized spacial score (nSPS) is 41.6. The van der Waals surface area contributed by atoms with Crippen molar-refractivity contribution in [3.05, 3.63) is 42.0 Å². The van der Waals surface area contributed by atoms with E-state index < -0.39 is 0 Å². The smallest absolute Gasteiger partial charge is 0.119 e. The molecular formula is C22H30O. The van der Waals surface area contributed by atoms with Crippen molar-refractivity contribution < 1.29 is 4.74 Å². The van der Waals surface area contributed by atoms with Crippen molar-refractivity contribution in [3.63, 3.8) is 0 Å². The third kappa shape index (κ3) is 1.98. The zero-order valence-electron chi connectivity index (χ0n) is 14.9. The molecule has 0 aromatic heterocycles. The molecule has 0 spiro atoms. The SMILES string of the molecule is C=C[C@]1(C)CC[C@H]2[C@@H]3CCc4cc(OC)ccc4[C@H]3CC[C@@]21C. The van der Waals surface area contributed by atoms with Crippen LogP contribution in [0.1, 0.15) is 63.0 Å². The van der Waals surface area contributed by atoms with E-state index in [4.69, 9.17) is 4.74 Å². The standard InChI is InChI=1S/C22H30O/c1-5-21(2)12-11-20-19-8-6-15-14-16(23-4)7-9-17(15)18(19)10-13-22(20,21)3/h5,7,9,14,18-20H,1,6,8,10-13H2,2-4H3/t18-,19-,20+,21-,22+/m1/s1. The van der Waals surface area contributed by atoms with Crippen molar-refractivity contribution in [2.75, 3.05) is 7.11 Å². The molecule has 1 aromatic rings. The van der Waals surface area contributed by atoms with Gasteiger partial charge in [0.1, 0.15) is 5.75 Å². The average molecular weight is 310 g/mol. The fourth-order valence-corrected chi connectivity index (χ4v) is 6.32. The minimum Gasteiger partial charge on any atom is -0.497 e. The summed E-state index contributed by atoms with van der Waals surface area (Å²) in [5, 5.41) is 0. The van der Waals surface area contributed by atoms with Crippen molar-refractivity contribution in [1.82, 2.24) is 0 Å². The van der Waals surface area contributed by atoms with Crippen LogP contribution < -0.4 is 4.74 Å². The van der Waals surface area contributed by atoms with Gasteiger partial charge in [-0.25, -0.2) is 0 Å². The second-order valence-electron chi connectivity index (χ2n) is 8.60. The zero-order chi connectivity index (χ0) is 16.2. The maximum Gasteiger partial charge on any atom is 0.119 e. The monoisotopic (exact) mass is 310 g/mol. The second kappa shape index (κ2) is 5.13. The number of aryl methyl sites for hydroxylation is 1. The van der Waals surface area contributed by atoms with Crippen LogP contribution in [0.5, 0.6) is 5.75 Å². The van der Waals surface area contributed by atoms with Crippen molar-refractivity contribution in [1.29, 1.82) is 0 Å². The molecule has 2 saturated carbocycles. The van der Waals surface area contributed by atoms with Crippen LogP contribution in [-0.4, -0.2) is 7.11 Å². The topological polar surface area (TPSA) is 9.23 Å². The molecule has 5 atom stereocenters. The summed E-state index contributed by atoms with van der Waals surface area (Å²) in [6, 6.07) is 6.80. The van der Waals surface area contributed by atoms with E-state index in [0.717, 1.165) is 23.5 Å². The van der Waals surface area contributed by atoms with Crippen molar-refractivity contribution >= 4 is 0 Å². The predicted octanol–water partition coefficient (Wildman–Crippen LogP) is 5.74. The molecule has 0 unspecified atom stereocenters. The second-order valence-corrected chi connectivity index (χ2v) is 8.60. The number of fused-ring (bicyclic) bond motifs is 5. The first-order valence-corrected chi connectivity index (χ1v) is 9.33. The number of rotatable bonds is 2. The molecule has 1 aromatic carbocycles. The van der Waals surface area contributed by atoms with Gasteiger partial charge in [-0.3, -0.25) is 0 Å². The Kier molecular flexibility index (Phi) is 3.41. The van der Waals surface area contributed by atoms with E-state index in [1.807, 2.05) is 0 Å². The third-order valence-corrected chi connectivity index (χ3v) is 8.05. The fraction of sp³-hybridized carbons (Fsp3) is 0.636. The van der Waals surface area contributed by atoms with Crippen LogP contribution >= 0.6 is 0 Å². The molecule has 0 N–H and O–H groups in total. The first kappa shape index (κ1) is 15.3. The molecule has 0 radical (unpaired) electrons. The third-order valence-electron chi connectivity index (χ3n) is 8.05. The largest absolute Gasteiger partial charge is 0.497 e. The first-order chi connectivity index (χ1) is 11.0. The van der Waals surface area contributed by atoms with E-state index in [1.54, 1.807) is 18.2 Å². The van der Waals surface area contributed by atoms with Crippen LogP contribution in [0.2, 0.25) is 0 Å². The molecule has 23 heavy (non-hydrogen) atoms. The molecule has 0 saturated heterocycles. The lowest BCUT2D eigenvalue weighted by Crippen LogP contribution is -2.45. The molecule has 0 bridgehead atoms. The summed E-state index contributed by atoms with van der Waals surface area (Å²) in [4.78, 5) is 0. The van der Waals surface area contributed by atoms with Gasteiger partial charge >= 0.3 is 0 Å². The van der Waals surface area contributed by atoms with Crippen LogP contribution in [0.15, 0.2) is 30.9 Å². The van der Waals surface area contributed by atoms with Gasteiger partial charge in [0, 0.05) is 0 Å². The summed E-state index contributed by atoms with van der Waals surface area (Å²) in [6.45, 7) is 9.22. The Hall–Kier alpha value is -1.24. The van der Waals surface area contributed by atoms with Crippen LogP contribution in [0.25, 0.3) is 0 Å². The number of hydrogen-bond donors (Lipinski definition) is 0. The highest BCUT2D eigenvalue weighted by Crippen LogP contribution is 2.67. The molecule has 0 aliphatic heterocycles. The minimum atomic E-state index is 0.336. The Bertz CT molecular complexity index is 633. The summed E-state index contributed by atoms with van der Waals surface area (Å²) in [7, 11) is 1.77. The van der Waals surface area contributed by atoms with Crippen LogP contribution in [0.3, 0.4) is 0 Å². The van der Waals surface area contributed by atoms with E-state index in [0.29, 0.717) is 10.8 Å². The highest BCUT2D eigenvalue weighted by Gasteiger charge is 2.58. The molecule has 2 fully saturated rings. The molecular weight excluding hydrogens is 280 g/mol. The van der Waals surface area contributed by atoms with Crippen LogP contribution in [0, 0.1) is 22.7 Å². The number of ether oxygens (including phenoxy) is 1. The maximum atomic E-state index is 5.43. The fourth-order valence-electron chi connectivity index (χ4n) is 6.32.